The Hall–Kier alpha value is -3.42. The zero-order chi connectivity index (χ0) is 25.2. The Balaban J connectivity index is 2.07. The Labute approximate surface area is 207 Å². The standard InChI is InChI=1S/C28H32N2O4S/c1-35(33,34)22-20-26(19-11-12-21-29-27(31)32)30-28(23-13-5-2-6-14-23,24-15-7-3-8-16-24)25-17-9-4-10-18-25/h2-10,13-18,20,22,26,29-30H,11-12,19,21H2,1H3,(H,31,32)/b22-20+. The summed E-state index contributed by atoms with van der Waals surface area (Å²) in [6.45, 7) is 0.346. The first-order valence-electron chi connectivity index (χ1n) is 11.6. The SMILES string of the molecule is CS(=O)(=O)/C=C/C(CCCCNC(=O)O)NC(c1ccccc1)(c1ccccc1)c1ccccc1. The van der Waals surface area contributed by atoms with Crippen molar-refractivity contribution in [3.8, 4) is 0 Å². The number of sulfone groups is 1. The largest absolute Gasteiger partial charge is 0.465 e. The van der Waals surface area contributed by atoms with Crippen molar-refractivity contribution in [3.05, 3.63) is 119 Å². The molecule has 0 aliphatic rings. The highest BCUT2D eigenvalue weighted by molar-refractivity contribution is 7.93. The fraction of sp³-hybridized carbons (Fsp3) is 0.250. The van der Waals surface area contributed by atoms with E-state index in [1.807, 2.05) is 54.6 Å². The number of carbonyl (C=O) groups is 1. The quantitative estimate of drug-likeness (QED) is 0.246. The number of carboxylic acid groups (broad SMARTS) is 1. The van der Waals surface area contributed by atoms with Crippen molar-refractivity contribution < 1.29 is 18.3 Å². The molecule has 0 heterocycles. The van der Waals surface area contributed by atoms with E-state index in [4.69, 9.17) is 5.11 Å². The van der Waals surface area contributed by atoms with Crippen molar-refractivity contribution in [2.45, 2.75) is 30.8 Å². The fourth-order valence-corrected chi connectivity index (χ4v) is 4.71. The van der Waals surface area contributed by atoms with Crippen LogP contribution in [0.3, 0.4) is 0 Å². The fourth-order valence-electron chi connectivity index (χ4n) is 4.23. The van der Waals surface area contributed by atoms with Gasteiger partial charge in [-0.2, -0.15) is 0 Å². The molecule has 1 atom stereocenters. The summed E-state index contributed by atoms with van der Waals surface area (Å²) in [5, 5.41) is 16.3. The number of nitrogens with one attached hydrogen (secondary N) is 2. The summed E-state index contributed by atoms with van der Waals surface area (Å²) in [5.41, 5.74) is 2.35. The molecule has 1 amide bonds. The van der Waals surface area contributed by atoms with Crippen molar-refractivity contribution in [2.24, 2.45) is 0 Å². The lowest BCUT2D eigenvalue weighted by atomic mass is 9.76. The Kier molecular flexibility index (Phi) is 9.23. The Bertz CT molecular complexity index is 1100. The molecule has 0 spiro atoms. The number of unbranched alkanes of at least 4 members (excludes halogenated alkanes) is 1. The minimum Gasteiger partial charge on any atom is -0.465 e. The number of amides is 1. The van der Waals surface area contributed by atoms with Crippen LogP contribution in [0.15, 0.2) is 102 Å². The van der Waals surface area contributed by atoms with Crippen LogP contribution in [0.4, 0.5) is 4.79 Å². The second kappa shape index (κ2) is 12.3. The molecular weight excluding hydrogens is 460 g/mol. The summed E-state index contributed by atoms with van der Waals surface area (Å²) >= 11 is 0. The number of hydrogen-bond donors (Lipinski definition) is 3. The summed E-state index contributed by atoms with van der Waals surface area (Å²) in [4.78, 5) is 10.8. The van der Waals surface area contributed by atoms with Gasteiger partial charge in [-0.25, -0.2) is 13.2 Å². The van der Waals surface area contributed by atoms with Crippen LogP contribution < -0.4 is 10.6 Å². The summed E-state index contributed by atoms with van der Waals surface area (Å²) in [5.74, 6) is 0. The Morgan fingerprint density at radius 1 is 0.857 bits per heavy atom. The van der Waals surface area contributed by atoms with Gasteiger partial charge in [-0.3, -0.25) is 5.32 Å². The Morgan fingerprint density at radius 2 is 1.31 bits per heavy atom. The molecule has 7 heteroatoms. The molecule has 0 aliphatic carbocycles. The van der Waals surface area contributed by atoms with Gasteiger partial charge in [0.15, 0.2) is 9.84 Å². The van der Waals surface area contributed by atoms with Gasteiger partial charge in [0.05, 0.1) is 5.54 Å². The normalized spacial score (nSPS) is 12.9. The van der Waals surface area contributed by atoms with Gasteiger partial charge in [-0.05, 0) is 36.0 Å². The molecule has 3 N–H and O–H groups in total. The molecule has 0 fully saturated rings. The second-order valence-corrected chi connectivity index (χ2v) is 10.4. The van der Waals surface area contributed by atoms with Crippen LogP contribution in [0, 0.1) is 0 Å². The maximum Gasteiger partial charge on any atom is 0.404 e. The van der Waals surface area contributed by atoms with Crippen molar-refractivity contribution >= 4 is 15.9 Å². The molecule has 3 aromatic carbocycles. The number of hydrogen-bond acceptors (Lipinski definition) is 4. The molecule has 3 aromatic rings. The molecule has 0 radical (unpaired) electrons. The second-order valence-electron chi connectivity index (χ2n) is 8.48. The van der Waals surface area contributed by atoms with E-state index in [1.54, 1.807) is 6.08 Å². The lowest BCUT2D eigenvalue weighted by Crippen LogP contribution is -2.49. The van der Waals surface area contributed by atoms with Gasteiger partial charge >= 0.3 is 6.09 Å². The summed E-state index contributed by atoms with van der Waals surface area (Å²) in [6.07, 6.45) is 3.81. The lowest BCUT2D eigenvalue weighted by molar-refractivity contribution is 0.194. The van der Waals surface area contributed by atoms with E-state index < -0.39 is 21.5 Å². The van der Waals surface area contributed by atoms with Crippen molar-refractivity contribution in [1.82, 2.24) is 10.6 Å². The summed E-state index contributed by atoms with van der Waals surface area (Å²) in [7, 11) is -3.33. The zero-order valence-electron chi connectivity index (χ0n) is 19.8. The average Bonchev–Trinajstić information content (AvgIpc) is 2.86. The van der Waals surface area contributed by atoms with Crippen molar-refractivity contribution in [1.29, 1.82) is 0 Å². The average molecular weight is 493 g/mol. The first-order valence-corrected chi connectivity index (χ1v) is 13.6. The molecule has 0 bridgehead atoms. The molecule has 1 unspecified atom stereocenters. The predicted molar refractivity (Wildman–Crippen MR) is 140 cm³/mol. The van der Waals surface area contributed by atoms with Crippen molar-refractivity contribution in [2.75, 3.05) is 12.8 Å². The van der Waals surface area contributed by atoms with E-state index in [0.717, 1.165) is 16.7 Å². The predicted octanol–water partition coefficient (Wildman–Crippen LogP) is 4.93. The van der Waals surface area contributed by atoms with E-state index >= 15 is 0 Å². The van der Waals surface area contributed by atoms with Gasteiger partial charge in [-0.1, -0.05) is 97.1 Å². The molecule has 0 aliphatic heterocycles. The van der Waals surface area contributed by atoms with E-state index in [2.05, 4.69) is 47.0 Å². The van der Waals surface area contributed by atoms with Crippen LogP contribution >= 0.6 is 0 Å². The van der Waals surface area contributed by atoms with Gasteiger partial charge < -0.3 is 10.4 Å². The molecule has 35 heavy (non-hydrogen) atoms. The number of benzene rings is 3. The Morgan fingerprint density at radius 3 is 1.71 bits per heavy atom. The highest BCUT2D eigenvalue weighted by Gasteiger charge is 2.37. The lowest BCUT2D eigenvalue weighted by Gasteiger charge is -2.39. The third-order valence-electron chi connectivity index (χ3n) is 5.80. The molecule has 0 saturated carbocycles. The van der Waals surface area contributed by atoms with Gasteiger partial charge in [0.2, 0.25) is 0 Å². The smallest absolute Gasteiger partial charge is 0.404 e. The molecule has 0 aromatic heterocycles. The molecule has 0 saturated heterocycles. The summed E-state index contributed by atoms with van der Waals surface area (Å²) < 4.78 is 23.9. The maximum atomic E-state index is 12.0. The third-order valence-corrected chi connectivity index (χ3v) is 6.45. The molecular formula is C28H32N2O4S. The number of rotatable bonds is 12. The van der Waals surface area contributed by atoms with Crippen LogP contribution in [-0.4, -0.2) is 38.5 Å². The van der Waals surface area contributed by atoms with Crippen LogP contribution in [0.2, 0.25) is 0 Å². The highest BCUT2D eigenvalue weighted by atomic mass is 32.2. The van der Waals surface area contributed by atoms with Gasteiger partial charge in [-0.15, -0.1) is 0 Å². The van der Waals surface area contributed by atoms with E-state index in [9.17, 15) is 13.2 Å². The minimum absolute atomic E-state index is 0.296. The van der Waals surface area contributed by atoms with Crippen LogP contribution in [-0.2, 0) is 15.4 Å². The third kappa shape index (κ3) is 7.53. The summed E-state index contributed by atoms with van der Waals surface area (Å²) in [6, 6.07) is 30.0. The van der Waals surface area contributed by atoms with Crippen LogP contribution in [0.5, 0.6) is 0 Å². The topological polar surface area (TPSA) is 95.5 Å². The van der Waals surface area contributed by atoms with Gasteiger partial charge in [0, 0.05) is 24.3 Å². The zero-order valence-corrected chi connectivity index (χ0v) is 20.6. The maximum absolute atomic E-state index is 12.0. The van der Waals surface area contributed by atoms with Crippen LogP contribution in [0.1, 0.15) is 36.0 Å². The monoisotopic (exact) mass is 492 g/mol. The van der Waals surface area contributed by atoms with Gasteiger partial charge in [0.25, 0.3) is 0 Å². The molecule has 3 rings (SSSR count). The van der Waals surface area contributed by atoms with E-state index in [-0.39, 0.29) is 6.04 Å². The minimum atomic E-state index is -3.33. The van der Waals surface area contributed by atoms with E-state index in [0.29, 0.717) is 25.8 Å². The van der Waals surface area contributed by atoms with E-state index in [1.165, 1.54) is 11.7 Å². The highest BCUT2D eigenvalue weighted by Crippen LogP contribution is 2.37. The van der Waals surface area contributed by atoms with Crippen LogP contribution in [0.25, 0.3) is 0 Å². The van der Waals surface area contributed by atoms with Crippen molar-refractivity contribution in [3.63, 3.8) is 0 Å². The van der Waals surface area contributed by atoms with Gasteiger partial charge in [0.1, 0.15) is 0 Å². The first-order chi connectivity index (χ1) is 16.8. The molecule has 6 nitrogen and oxygen atoms in total. The first kappa shape index (κ1) is 26.2. The molecule has 184 valence electrons.